The molecule has 1 unspecified atom stereocenters. The van der Waals surface area contributed by atoms with E-state index in [2.05, 4.69) is 45.9 Å². The predicted molar refractivity (Wildman–Crippen MR) is 73.2 cm³/mol. The van der Waals surface area contributed by atoms with E-state index in [0.29, 0.717) is 0 Å². The largest absolute Gasteiger partial charge is 0.379 e. The molecule has 0 aromatic heterocycles. The molecule has 0 amide bonds. The van der Waals surface area contributed by atoms with Crippen molar-refractivity contribution in [3.8, 4) is 0 Å². The maximum Gasteiger partial charge on any atom is 0.0623 e. The Morgan fingerprint density at radius 2 is 1.94 bits per heavy atom. The van der Waals surface area contributed by atoms with E-state index in [-0.39, 0.29) is 11.6 Å². The topological polar surface area (TPSA) is 35.2 Å². The van der Waals surface area contributed by atoms with Gasteiger partial charge in [0.25, 0.3) is 0 Å². The second-order valence-electron chi connectivity index (χ2n) is 5.47. The molecular weight excluding hydrogens is 210 g/mol. The molecule has 1 aromatic carbocycles. The molecule has 0 saturated carbocycles. The number of rotatable bonds is 5. The van der Waals surface area contributed by atoms with Gasteiger partial charge in [0, 0.05) is 13.2 Å². The van der Waals surface area contributed by atoms with Crippen molar-refractivity contribution in [2.24, 2.45) is 5.73 Å². The maximum atomic E-state index is 6.25. The number of hydrogen-bond donors (Lipinski definition) is 1. The van der Waals surface area contributed by atoms with Crippen LogP contribution in [0.1, 0.15) is 49.4 Å². The molecule has 0 bridgehead atoms. The van der Waals surface area contributed by atoms with Crippen LogP contribution in [0.15, 0.2) is 18.2 Å². The second kappa shape index (κ2) is 5.65. The van der Waals surface area contributed by atoms with Crippen molar-refractivity contribution >= 4 is 0 Å². The van der Waals surface area contributed by atoms with E-state index in [1.165, 1.54) is 16.7 Å². The van der Waals surface area contributed by atoms with Crippen molar-refractivity contribution in [3.63, 3.8) is 0 Å². The van der Waals surface area contributed by atoms with Crippen LogP contribution in [0.25, 0.3) is 0 Å². The fourth-order valence-electron chi connectivity index (χ4n) is 2.00. The van der Waals surface area contributed by atoms with Crippen LogP contribution < -0.4 is 5.73 Å². The average Bonchev–Trinajstić information content (AvgIpc) is 2.26. The van der Waals surface area contributed by atoms with Crippen LogP contribution in [-0.4, -0.2) is 12.7 Å². The first kappa shape index (κ1) is 14.2. The normalized spacial score (nSPS) is 13.8. The van der Waals surface area contributed by atoms with E-state index < -0.39 is 0 Å². The lowest BCUT2D eigenvalue weighted by molar-refractivity contribution is 0.0125. The van der Waals surface area contributed by atoms with Crippen molar-refractivity contribution in [2.75, 3.05) is 7.11 Å². The zero-order valence-electron chi connectivity index (χ0n) is 11.7. The number of nitrogens with two attached hydrogens (primary N) is 1. The predicted octanol–water partition coefficient (Wildman–Crippen LogP) is 3.51. The lowest BCUT2D eigenvalue weighted by Gasteiger charge is -2.25. The summed E-state index contributed by atoms with van der Waals surface area (Å²) in [6.07, 6.45) is 1.92. The van der Waals surface area contributed by atoms with Gasteiger partial charge in [0.2, 0.25) is 0 Å². The highest BCUT2D eigenvalue weighted by molar-refractivity contribution is 5.32. The summed E-state index contributed by atoms with van der Waals surface area (Å²) in [6, 6.07) is 6.57. The molecule has 0 fully saturated rings. The standard InChI is InChI=1S/C15H25NO/c1-11-6-7-13(12(2)10-11)14(16)8-9-15(3,4)17-5/h6-7,10,14H,8-9,16H2,1-5H3. The summed E-state index contributed by atoms with van der Waals surface area (Å²) in [7, 11) is 1.75. The lowest BCUT2D eigenvalue weighted by atomic mass is 9.92. The molecule has 0 radical (unpaired) electrons. The smallest absolute Gasteiger partial charge is 0.0623 e. The zero-order chi connectivity index (χ0) is 13.1. The Kier molecular flexibility index (Phi) is 4.72. The summed E-state index contributed by atoms with van der Waals surface area (Å²) in [5, 5.41) is 0. The van der Waals surface area contributed by atoms with Gasteiger partial charge in [-0.15, -0.1) is 0 Å². The molecule has 1 atom stereocenters. The number of aryl methyl sites for hydroxylation is 2. The van der Waals surface area contributed by atoms with Crippen LogP contribution in [0.4, 0.5) is 0 Å². The fourth-order valence-corrected chi connectivity index (χ4v) is 2.00. The molecule has 1 rings (SSSR count). The van der Waals surface area contributed by atoms with Gasteiger partial charge < -0.3 is 10.5 Å². The van der Waals surface area contributed by atoms with Crippen LogP contribution >= 0.6 is 0 Å². The molecule has 0 saturated heterocycles. The molecule has 17 heavy (non-hydrogen) atoms. The first-order valence-electron chi connectivity index (χ1n) is 6.23. The Labute approximate surface area is 105 Å². The molecule has 0 spiro atoms. The highest BCUT2D eigenvalue weighted by atomic mass is 16.5. The summed E-state index contributed by atoms with van der Waals surface area (Å²) in [6.45, 7) is 8.43. The Morgan fingerprint density at radius 1 is 1.29 bits per heavy atom. The van der Waals surface area contributed by atoms with Crippen molar-refractivity contribution in [2.45, 2.75) is 52.2 Å². The van der Waals surface area contributed by atoms with Crippen LogP contribution in [0.2, 0.25) is 0 Å². The Bertz CT molecular complexity index is 371. The van der Waals surface area contributed by atoms with Gasteiger partial charge in [0.15, 0.2) is 0 Å². The van der Waals surface area contributed by atoms with Gasteiger partial charge in [-0.1, -0.05) is 23.8 Å². The molecule has 0 aliphatic rings. The number of hydrogen-bond acceptors (Lipinski definition) is 2. The molecule has 0 aliphatic carbocycles. The summed E-state index contributed by atoms with van der Waals surface area (Å²) >= 11 is 0. The first-order chi connectivity index (χ1) is 7.85. The van der Waals surface area contributed by atoms with Gasteiger partial charge in [0.1, 0.15) is 0 Å². The lowest BCUT2D eigenvalue weighted by Crippen LogP contribution is -2.25. The van der Waals surface area contributed by atoms with Crippen LogP contribution in [-0.2, 0) is 4.74 Å². The molecule has 0 heterocycles. The van der Waals surface area contributed by atoms with Gasteiger partial charge in [0.05, 0.1) is 5.60 Å². The van der Waals surface area contributed by atoms with Gasteiger partial charge in [-0.25, -0.2) is 0 Å². The average molecular weight is 235 g/mol. The third-order valence-corrected chi connectivity index (χ3v) is 3.43. The minimum absolute atomic E-state index is 0.0871. The van der Waals surface area contributed by atoms with E-state index in [0.717, 1.165) is 12.8 Å². The number of ether oxygens (including phenoxy) is 1. The van der Waals surface area contributed by atoms with Gasteiger partial charge in [-0.3, -0.25) is 0 Å². The molecule has 1 aromatic rings. The zero-order valence-corrected chi connectivity index (χ0v) is 11.7. The minimum atomic E-state index is -0.0871. The first-order valence-corrected chi connectivity index (χ1v) is 6.23. The van der Waals surface area contributed by atoms with Crippen molar-refractivity contribution in [1.82, 2.24) is 0 Å². The Hall–Kier alpha value is -0.860. The second-order valence-corrected chi connectivity index (χ2v) is 5.47. The molecular formula is C15H25NO. The number of methoxy groups -OCH3 is 1. The Morgan fingerprint density at radius 3 is 2.47 bits per heavy atom. The highest BCUT2D eigenvalue weighted by Crippen LogP contribution is 2.25. The van der Waals surface area contributed by atoms with E-state index in [1.807, 2.05) is 0 Å². The minimum Gasteiger partial charge on any atom is -0.379 e. The van der Waals surface area contributed by atoms with Gasteiger partial charge in [-0.05, 0) is 51.7 Å². The summed E-state index contributed by atoms with van der Waals surface area (Å²) in [5.74, 6) is 0. The SMILES string of the molecule is COC(C)(C)CCC(N)c1ccc(C)cc1C. The third-order valence-electron chi connectivity index (χ3n) is 3.43. The third kappa shape index (κ3) is 4.14. The maximum absolute atomic E-state index is 6.25. The molecule has 0 aliphatic heterocycles. The summed E-state index contributed by atoms with van der Waals surface area (Å²) in [4.78, 5) is 0. The fraction of sp³-hybridized carbons (Fsp3) is 0.600. The quantitative estimate of drug-likeness (QED) is 0.847. The number of benzene rings is 1. The molecule has 2 N–H and O–H groups in total. The molecule has 96 valence electrons. The van der Waals surface area contributed by atoms with Crippen molar-refractivity contribution in [3.05, 3.63) is 34.9 Å². The van der Waals surface area contributed by atoms with E-state index in [9.17, 15) is 0 Å². The Balaban J connectivity index is 2.67. The van der Waals surface area contributed by atoms with Crippen molar-refractivity contribution < 1.29 is 4.74 Å². The molecule has 2 nitrogen and oxygen atoms in total. The molecule has 2 heteroatoms. The van der Waals surface area contributed by atoms with Gasteiger partial charge in [-0.2, -0.15) is 0 Å². The van der Waals surface area contributed by atoms with Crippen molar-refractivity contribution in [1.29, 1.82) is 0 Å². The van der Waals surface area contributed by atoms with Crippen LogP contribution in [0.3, 0.4) is 0 Å². The highest BCUT2D eigenvalue weighted by Gasteiger charge is 2.19. The summed E-state index contributed by atoms with van der Waals surface area (Å²) in [5.41, 5.74) is 9.99. The monoisotopic (exact) mass is 235 g/mol. The van der Waals surface area contributed by atoms with Crippen LogP contribution in [0.5, 0.6) is 0 Å². The van der Waals surface area contributed by atoms with E-state index in [4.69, 9.17) is 10.5 Å². The van der Waals surface area contributed by atoms with E-state index >= 15 is 0 Å². The van der Waals surface area contributed by atoms with E-state index in [1.54, 1.807) is 7.11 Å². The summed E-state index contributed by atoms with van der Waals surface area (Å²) < 4.78 is 5.42. The van der Waals surface area contributed by atoms with Crippen LogP contribution in [0, 0.1) is 13.8 Å². The van der Waals surface area contributed by atoms with Gasteiger partial charge >= 0.3 is 0 Å².